The monoisotopic (exact) mass is 799 g/mol. The van der Waals surface area contributed by atoms with Crippen molar-refractivity contribution in [2.75, 3.05) is 18.0 Å². The van der Waals surface area contributed by atoms with Gasteiger partial charge in [-0.05, 0) is 83.7 Å². The van der Waals surface area contributed by atoms with Crippen LogP contribution >= 0.6 is 39.1 Å². The molecule has 4 aromatic rings. The molecule has 5 rings (SSSR count). The highest BCUT2D eigenvalue weighted by atomic mass is 79.9. The number of carbonyl (C=O) groups excluding carboxylic acids is 2. The van der Waals surface area contributed by atoms with Crippen molar-refractivity contribution in [3.8, 4) is 5.75 Å². The molecule has 1 aliphatic rings. The van der Waals surface area contributed by atoms with Crippen molar-refractivity contribution >= 4 is 66.7 Å². The molecule has 0 heterocycles. The molecule has 0 bridgehead atoms. The summed E-state index contributed by atoms with van der Waals surface area (Å²) in [7, 11) is -2.82. The summed E-state index contributed by atoms with van der Waals surface area (Å²) in [5, 5.41) is 3.86. The molecule has 1 atom stereocenters. The first-order chi connectivity index (χ1) is 24.0. The zero-order valence-electron chi connectivity index (χ0n) is 27.9. The van der Waals surface area contributed by atoms with Crippen LogP contribution in [0.2, 0.25) is 10.0 Å². The van der Waals surface area contributed by atoms with Crippen LogP contribution in [0.25, 0.3) is 0 Å². The minimum absolute atomic E-state index is 0.0201. The lowest BCUT2D eigenvalue weighted by Crippen LogP contribution is -2.55. The van der Waals surface area contributed by atoms with Crippen LogP contribution < -0.4 is 14.4 Å². The number of benzene rings is 4. The third kappa shape index (κ3) is 9.20. The van der Waals surface area contributed by atoms with Crippen molar-refractivity contribution in [1.29, 1.82) is 0 Å². The molecular weight excluding hydrogens is 761 g/mol. The normalized spacial score (nSPS) is 14.1. The average molecular weight is 802 g/mol. The minimum atomic E-state index is -4.31. The van der Waals surface area contributed by atoms with E-state index in [9.17, 15) is 18.0 Å². The Morgan fingerprint density at radius 2 is 1.58 bits per heavy atom. The number of rotatable bonds is 13. The van der Waals surface area contributed by atoms with Crippen LogP contribution in [-0.4, -0.2) is 50.9 Å². The molecule has 1 fully saturated rings. The third-order valence-electron chi connectivity index (χ3n) is 8.92. The fraction of sp³-hybridized carbons (Fsp3) is 0.316. The van der Waals surface area contributed by atoms with Gasteiger partial charge < -0.3 is 15.0 Å². The van der Waals surface area contributed by atoms with Gasteiger partial charge >= 0.3 is 0 Å². The molecule has 2 amide bonds. The molecule has 50 heavy (non-hydrogen) atoms. The zero-order valence-corrected chi connectivity index (χ0v) is 31.9. The zero-order chi connectivity index (χ0) is 35.8. The topological polar surface area (TPSA) is 96.0 Å². The largest absolute Gasteiger partial charge is 0.496 e. The van der Waals surface area contributed by atoms with E-state index in [1.807, 2.05) is 37.3 Å². The first-order valence-electron chi connectivity index (χ1n) is 16.5. The third-order valence-corrected chi connectivity index (χ3v) is 12.0. The highest BCUT2D eigenvalue weighted by Gasteiger charge is 2.36. The van der Waals surface area contributed by atoms with Crippen molar-refractivity contribution in [2.24, 2.45) is 0 Å². The molecular formula is C38H40BrCl2N3O5S. The second kappa shape index (κ2) is 17.1. The number of anilines is 1. The summed E-state index contributed by atoms with van der Waals surface area (Å²) in [6, 6.07) is 24.8. The fourth-order valence-electron chi connectivity index (χ4n) is 6.13. The summed E-state index contributed by atoms with van der Waals surface area (Å²) in [4.78, 5) is 30.5. The molecule has 4 aromatic carbocycles. The molecule has 0 spiro atoms. The first-order valence-corrected chi connectivity index (χ1v) is 19.5. The lowest BCUT2D eigenvalue weighted by Gasteiger charge is -2.35. The number of sulfonamides is 1. The lowest BCUT2D eigenvalue weighted by atomic mass is 9.94. The number of nitrogens with zero attached hydrogens (tertiary/aromatic N) is 2. The number of carbonyl (C=O) groups is 2. The van der Waals surface area contributed by atoms with Crippen molar-refractivity contribution < 1.29 is 22.7 Å². The van der Waals surface area contributed by atoms with Gasteiger partial charge in [-0.3, -0.25) is 13.9 Å². The molecule has 8 nitrogen and oxygen atoms in total. The Hall–Kier alpha value is -3.57. The van der Waals surface area contributed by atoms with E-state index in [4.69, 9.17) is 27.9 Å². The van der Waals surface area contributed by atoms with E-state index in [2.05, 4.69) is 21.2 Å². The van der Waals surface area contributed by atoms with Gasteiger partial charge in [-0.15, -0.1) is 0 Å². The van der Waals surface area contributed by atoms with E-state index in [-0.39, 0.29) is 35.5 Å². The van der Waals surface area contributed by atoms with Gasteiger partial charge in [-0.25, -0.2) is 8.42 Å². The average Bonchev–Trinajstić information content (AvgIpc) is 3.11. The van der Waals surface area contributed by atoms with Gasteiger partial charge in [0, 0.05) is 34.6 Å². The number of nitrogens with one attached hydrogen (secondary N) is 1. The maximum Gasteiger partial charge on any atom is 0.264 e. The van der Waals surface area contributed by atoms with Crippen LogP contribution in [0.5, 0.6) is 5.75 Å². The van der Waals surface area contributed by atoms with E-state index in [1.165, 1.54) is 24.1 Å². The first kappa shape index (κ1) is 37.7. The molecule has 12 heteroatoms. The smallest absolute Gasteiger partial charge is 0.264 e. The Bertz CT molecular complexity index is 1890. The second-order valence-electron chi connectivity index (χ2n) is 12.4. The van der Waals surface area contributed by atoms with Crippen molar-refractivity contribution in [2.45, 2.75) is 69.0 Å². The number of halogens is 3. The Kier molecular flexibility index (Phi) is 12.9. The quantitative estimate of drug-likeness (QED) is 0.147. The molecule has 1 N–H and O–H groups in total. The summed E-state index contributed by atoms with van der Waals surface area (Å²) >= 11 is 16.7. The molecule has 0 aromatic heterocycles. The summed E-state index contributed by atoms with van der Waals surface area (Å²) in [6.45, 7) is 1.17. The molecule has 0 radical (unpaired) electrons. The van der Waals surface area contributed by atoms with Gasteiger partial charge in [0.25, 0.3) is 10.0 Å². The highest BCUT2D eigenvalue weighted by molar-refractivity contribution is 9.10. The second-order valence-corrected chi connectivity index (χ2v) is 15.9. The predicted molar refractivity (Wildman–Crippen MR) is 202 cm³/mol. The van der Waals surface area contributed by atoms with Gasteiger partial charge in [-0.1, -0.05) is 96.6 Å². The number of amides is 2. The van der Waals surface area contributed by atoms with Gasteiger partial charge in [0.15, 0.2) is 0 Å². The van der Waals surface area contributed by atoms with Crippen molar-refractivity contribution in [3.05, 3.63) is 122 Å². The van der Waals surface area contributed by atoms with Crippen LogP contribution in [0.1, 0.15) is 48.8 Å². The van der Waals surface area contributed by atoms with E-state index < -0.39 is 28.5 Å². The lowest BCUT2D eigenvalue weighted by molar-refractivity contribution is -0.140. The summed E-state index contributed by atoms with van der Waals surface area (Å²) < 4.78 is 35.7. The molecule has 0 aliphatic heterocycles. The van der Waals surface area contributed by atoms with Gasteiger partial charge in [0.2, 0.25) is 11.8 Å². The number of methoxy groups -OCH3 is 1. The van der Waals surface area contributed by atoms with Crippen LogP contribution in [-0.2, 0) is 32.6 Å². The van der Waals surface area contributed by atoms with Gasteiger partial charge in [0.05, 0.1) is 22.2 Å². The van der Waals surface area contributed by atoms with Crippen LogP contribution in [0.15, 0.2) is 100 Å². The van der Waals surface area contributed by atoms with Crippen molar-refractivity contribution in [3.63, 3.8) is 0 Å². The number of hydrogen-bond acceptors (Lipinski definition) is 5. The predicted octanol–water partition coefficient (Wildman–Crippen LogP) is 8.36. The Labute approximate surface area is 312 Å². The SMILES string of the molecule is COc1ccc(S(=O)(=O)N(CC(=O)N(Cc2c(Cl)cccc2Cl)[C@@H](Cc2ccccc2)C(=O)NC2CCCCC2)c2ccc(C)cc2)cc1Br. The Morgan fingerprint density at radius 1 is 0.920 bits per heavy atom. The van der Waals surface area contributed by atoms with Gasteiger partial charge in [0.1, 0.15) is 18.3 Å². The maximum atomic E-state index is 14.8. The molecule has 0 unspecified atom stereocenters. The van der Waals surface area contributed by atoms with E-state index >= 15 is 0 Å². The van der Waals surface area contributed by atoms with Crippen LogP contribution in [0.3, 0.4) is 0 Å². The fourth-order valence-corrected chi connectivity index (χ4v) is 8.78. The van der Waals surface area contributed by atoms with E-state index in [1.54, 1.807) is 48.5 Å². The summed E-state index contributed by atoms with van der Waals surface area (Å²) in [6.07, 6.45) is 5.03. The summed E-state index contributed by atoms with van der Waals surface area (Å²) in [5.41, 5.74) is 2.50. The Balaban J connectivity index is 1.60. The maximum absolute atomic E-state index is 14.8. The van der Waals surface area contributed by atoms with E-state index in [0.717, 1.165) is 47.5 Å². The van der Waals surface area contributed by atoms with Crippen LogP contribution in [0, 0.1) is 6.92 Å². The number of ether oxygens (including phenoxy) is 1. The standard InChI is InChI=1S/C38H40BrCl2N3O5S/c1-26-16-18-29(19-17-26)44(50(47,48)30-20-21-36(49-2)32(39)23-30)25-37(45)43(24-31-33(40)14-9-15-34(31)41)35(22-27-10-5-3-6-11-27)38(46)42-28-12-7-4-8-13-28/h3,5-6,9-11,14-21,23,28,35H,4,7-8,12-13,22,24-25H2,1-2H3,(H,42,46)/t35-/m0/s1. The number of aryl methyl sites for hydroxylation is 1. The molecule has 1 aliphatic carbocycles. The summed E-state index contributed by atoms with van der Waals surface area (Å²) in [5.74, 6) is -0.462. The van der Waals surface area contributed by atoms with Crippen molar-refractivity contribution in [1.82, 2.24) is 10.2 Å². The Morgan fingerprint density at radius 3 is 2.20 bits per heavy atom. The van der Waals surface area contributed by atoms with Gasteiger partial charge in [-0.2, -0.15) is 0 Å². The molecule has 0 saturated heterocycles. The van der Waals surface area contributed by atoms with E-state index in [0.29, 0.717) is 25.8 Å². The molecule has 1 saturated carbocycles. The number of hydrogen-bond donors (Lipinski definition) is 1. The highest BCUT2D eigenvalue weighted by Crippen LogP contribution is 2.32. The molecule has 264 valence electrons. The van der Waals surface area contributed by atoms with Crippen LogP contribution in [0.4, 0.5) is 5.69 Å². The minimum Gasteiger partial charge on any atom is -0.496 e.